The van der Waals surface area contributed by atoms with Crippen LogP contribution in [0, 0.1) is 0 Å². The fraction of sp³-hybridized carbons (Fsp3) is 0.481. The molecule has 0 nitrogen and oxygen atoms in total. The summed E-state index contributed by atoms with van der Waals surface area (Å²) in [5, 5.41) is 0. The van der Waals surface area contributed by atoms with Crippen molar-refractivity contribution in [3.63, 3.8) is 0 Å². The Bertz CT molecular complexity index is 718. The van der Waals surface area contributed by atoms with E-state index in [0.29, 0.717) is 0 Å². The Morgan fingerprint density at radius 2 is 1.25 bits per heavy atom. The highest BCUT2D eigenvalue weighted by molar-refractivity contribution is 7.62. The molecule has 0 spiro atoms. The normalized spacial score (nSPS) is 19.5. The van der Waals surface area contributed by atoms with E-state index in [9.17, 15) is 0 Å². The van der Waals surface area contributed by atoms with Crippen LogP contribution in [0.25, 0.3) is 11.1 Å². The summed E-state index contributed by atoms with van der Waals surface area (Å²) >= 11 is 0. The second kappa shape index (κ2) is 10.4. The molecule has 0 radical (unpaired) electrons. The molecule has 2 aliphatic rings. The van der Waals surface area contributed by atoms with Crippen molar-refractivity contribution in [1.82, 2.24) is 0 Å². The summed E-state index contributed by atoms with van der Waals surface area (Å²) in [6.45, 7) is 0. The van der Waals surface area contributed by atoms with E-state index in [-0.39, 0.29) is 7.92 Å². The Morgan fingerprint density at radius 1 is 0.679 bits per heavy atom. The average Bonchev–Trinajstić information content (AvgIpc) is 2.79. The van der Waals surface area contributed by atoms with Crippen molar-refractivity contribution >= 4 is 7.92 Å². The molecule has 0 saturated heterocycles. The van der Waals surface area contributed by atoms with Crippen LogP contribution in [0.3, 0.4) is 0 Å². The number of hydrogen-bond acceptors (Lipinski definition) is 0. The van der Waals surface area contributed by atoms with Crippen molar-refractivity contribution in [1.29, 1.82) is 0 Å². The monoisotopic (exact) mass is 390 g/mol. The summed E-state index contributed by atoms with van der Waals surface area (Å²) in [4.78, 5) is 0. The van der Waals surface area contributed by atoms with Gasteiger partial charge in [-0.25, -0.2) is 0 Å². The van der Waals surface area contributed by atoms with Gasteiger partial charge in [0.2, 0.25) is 0 Å². The van der Waals surface area contributed by atoms with Crippen LogP contribution >= 0.6 is 7.92 Å². The van der Waals surface area contributed by atoms with Gasteiger partial charge in [-0.3, -0.25) is 0 Å². The first-order valence-corrected chi connectivity index (χ1v) is 13.0. The van der Waals surface area contributed by atoms with Crippen LogP contribution in [-0.4, -0.2) is 11.3 Å². The molecular weight excluding hydrogens is 355 g/mol. The van der Waals surface area contributed by atoms with Gasteiger partial charge in [-0.2, -0.15) is 0 Å². The van der Waals surface area contributed by atoms with Crippen LogP contribution < -0.4 is 0 Å². The third-order valence-electron chi connectivity index (χ3n) is 6.71. The Morgan fingerprint density at radius 3 is 1.89 bits per heavy atom. The highest BCUT2D eigenvalue weighted by Crippen LogP contribution is 2.56. The highest BCUT2D eigenvalue weighted by Gasteiger charge is 2.29. The van der Waals surface area contributed by atoms with Crippen molar-refractivity contribution in [2.24, 2.45) is 0 Å². The fourth-order valence-electron chi connectivity index (χ4n) is 5.20. The molecule has 1 heteroatoms. The Kier molecular flexibility index (Phi) is 7.40. The van der Waals surface area contributed by atoms with Crippen LogP contribution in [-0.2, 0) is 6.42 Å². The maximum Gasteiger partial charge on any atom is -0.00878 e. The molecule has 0 heterocycles. The number of hydrogen-bond donors (Lipinski definition) is 0. The van der Waals surface area contributed by atoms with Crippen molar-refractivity contribution in [3.05, 3.63) is 72.1 Å². The topological polar surface area (TPSA) is 0 Å². The van der Waals surface area contributed by atoms with Crippen LogP contribution in [0.4, 0.5) is 0 Å². The standard InChI is InChI=1S/C27H35P/c1-4-13-23(14-5-1)27-21-11-10-15-24(27)16-12-22-28(25-17-6-2-7-18-25)26-19-8-3-9-20-26/h1,4-5,10-15,21-22,25-26H,2-3,6-9,16-20H2. The van der Waals surface area contributed by atoms with Gasteiger partial charge in [0.05, 0.1) is 0 Å². The van der Waals surface area contributed by atoms with Gasteiger partial charge in [0.25, 0.3) is 0 Å². The summed E-state index contributed by atoms with van der Waals surface area (Å²) in [7, 11) is 0.0623. The van der Waals surface area contributed by atoms with Gasteiger partial charge in [-0.05, 0) is 60.1 Å². The first-order valence-electron chi connectivity index (χ1n) is 11.5. The predicted molar refractivity (Wildman–Crippen MR) is 125 cm³/mol. The molecule has 0 amide bonds. The molecule has 28 heavy (non-hydrogen) atoms. The first kappa shape index (κ1) is 19.9. The van der Waals surface area contributed by atoms with Gasteiger partial charge >= 0.3 is 0 Å². The third-order valence-corrected chi connectivity index (χ3v) is 9.98. The zero-order valence-corrected chi connectivity index (χ0v) is 18.1. The lowest BCUT2D eigenvalue weighted by Crippen LogP contribution is -2.19. The van der Waals surface area contributed by atoms with Gasteiger partial charge in [0, 0.05) is 0 Å². The van der Waals surface area contributed by atoms with E-state index in [0.717, 1.165) is 17.7 Å². The van der Waals surface area contributed by atoms with Crippen LogP contribution in [0.5, 0.6) is 0 Å². The van der Waals surface area contributed by atoms with Gasteiger partial charge in [-0.1, -0.05) is 113 Å². The number of allylic oxidation sites excluding steroid dienone is 1. The summed E-state index contributed by atoms with van der Waals surface area (Å²) in [6, 6.07) is 19.8. The van der Waals surface area contributed by atoms with Crippen LogP contribution in [0.15, 0.2) is 66.5 Å². The smallest absolute Gasteiger partial charge is 0.00878 e. The summed E-state index contributed by atoms with van der Waals surface area (Å²) in [6.07, 6.45) is 18.4. The second-order valence-electron chi connectivity index (χ2n) is 8.64. The van der Waals surface area contributed by atoms with Crippen molar-refractivity contribution < 1.29 is 0 Å². The van der Waals surface area contributed by atoms with Crippen molar-refractivity contribution in [2.45, 2.75) is 81.9 Å². The lowest BCUT2D eigenvalue weighted by molar-refractivity contribution is 0.486. The fourth-order valence-corrected chi connectivity index (χ4v) is 8.55. The summed E-state index contributed by atoms with van der Waals surface area (Å²) in [5.74, 6) is 2.71. The van der Waals surface area contributed by atoms with Gasteiger partial charge in [0.1, 0.15) is 0 Å². The summed E-state index contributed by atoms with van der Waals surface area (Å²) < 4.78 is 0. The molecular formula is C27H35P. The molecule has 0 aliphatic heterocycles. The molecule has 0 N–H and O–H groups in total. The lowest BCUT2D eigenvalue weighted by atomic mass is 9.98. The van der Waals surface area contributed by atoms with E-state index < -0.39 is 0 Å². The molecule has 0 atom stereocenters. The summed E-state index contributed by atoms with van der Waals surface area (Å²) in [5.41, 5.74) is 6.22. The van der Waals surface area contributed by atoms with E-state index in [4.69, 9.17) is 0 Å². The van der Waals surface area contributed by atoms with Crippen LogP contribution in [0.1, 0.15) is 69.8 Å². The largest absolute Gasteiger partial charge is 0.0796 e. The Balaban J connectivity index is 1.50. The minimum Gasteiger partial charge on any atom is -0.0796 e. The van der Waals surface area contributed by atoms with Crippen LogP contribution in [0.2, 0.25) is 0 Å². The van der Waals surface area contributed by atoms with E-state index >= 15 is 0 Å². The van der Waals surface area contributed by atoms with Gasteiger partial charge < -0.3 is 0 Å². The zero-order valence-electron chi connectivity index (χ0n) is 17.2. The quantitative estimate of drug-likeness (QED) is 0.433. The van der Waals surface area contributed by atoms with E-state index in [1.54, 1.807) is 0 Å². The minimum absolute atomic E-state index is 0.0623. The molecule has 148 valence electrons. The molecule has 2 fully saturated rings. The Hall–Kier alpha value is -1.39. The first-order chi connectivity index (χ1) is 13.9. The van der Waals surface area contributed by atoms with Gasteiger partial charge in [-0.15, -0.1) is 0 Å². The molecule has 0 bridgehead atoms. The zero-order chi connectivity index (χ0) is 19.0. The van der Waals surface area contributed by atoms with Gasteiger partial charge in [0.15, 0.2) is 0 Å². The molecule has 0 aromatic heterocycles. The van der Waals surface area contributed by atoms with E-state index in [1.165, 1.54) is 80.9 Å². The number of benzene rings is 2. The van der Waals surface area contributed by atoms with Crippen molar-refractivity contribution in [3.8, 4) is 11.1 Å². The third kappa shape index (κ3) is 5.15. The molecule has 0 unspecified atom stereocenters. The van der Waals surface area contributed by atoms with E-state index in [2.05, 4.69) is 66.5 Å². The maximum absolute atomic E-state index is 2.71. The molecule has 2 aromatic carbocycles. The highest BCUT2D eigenvalue weighted by atomic mass is 31.1. The number of rotatable bonds is 6. The average molecular weight is 391 g/mol. The molecule has 2 saturated carbocycles. The van der Waals surface area contributed by atoms with Crippen molar-refractivity contribution in [2.75, 3.05) is 0 Å². The second-order valence-corrected chi connectivity index (χ2v) is 11.3. The SMILES string of the molecule is C(=CP(C1CCCCC1)C1CCCCC1)Cc1ccccc1-c1ccccc1. The predicted octanol–water partition coefficient (Wildman–Crippen LogP) is 8.56. The lowest BCUT2D eigenvalue weighted by Gasteiger charge is -2.36. The Labute approximate surface area is 173 Å². The van der Waals surface area contributed by atoms with E-state index in [1.807, 2.05) is 0 Å². The minimum atomic E-state index is 0.0623. The maximum atomic E-state index is 2.71. The molecule has 2 aliphatic carbocycles. The molecule has 2 aromatic rings. The molecule has 4 rings (SSSR count).